The Morgan fingerprint density at radius 2 is 2.05 bits per heavy atom. The van der Waals surface area contributed by atoms with Crippen LogP contribution in [0.3, 0.4) is 0 Å². The lowest BCUT2D eigenvalue weighted by Gasteiger charge is -2.11. The maximum atomic E-state index is 10.9. The van der Waals surface area contributed by atoms with Crippen molar-refractivity contribution in [3.05, 3.63) is 35.4 Å². The van der Waals surface area contributed by atoms with E-state index < -0.39 is 12.0 Å². The Kier molecular flexibility index (Phi) is 6.02. The van der Waals surface area contributed by atoms with Gasteiger partial charge in [0.2, 0.25) is 0 Å². The fourth-order valence-electron chi connectivity index (χ4n) is 1.64. The molecule has 2 N–H and O–H groups in total. The lowest BCUT2D eigenvalue weighted by Crippen LogP contribution is -2.35. The third-order valence-electron chi connectivity index (χ3n) is 2.79. The maximum absolute atomic E-state index is 10.9. The number of benzene rings is 1. The van der Waals surface area contributed by atoms with E-state index in [1.807, 2.05) is 38.1 Å². The quantitative estimate of drug-likeness (QED) is 0.580. The summed E-state index contributed by atoms with van der Waals surface area (Å²) in [6, 6.07) is 7.09. The van der Waals surface area contributed by atoms with Gasteiger partial charge in [-0.05, 0) is 38.4 Å². The van der Waals surface area contributed by atoms with E-state index in [-0.39, 0.29) is 0 Å². The normalized spacial score (nSPS) is 13.1. The number of likely N-dealkylation sites (N-methyl/N-ethyl adjacent to an activating group) is 1. The largest absolute Gasteiger partial charge is 0.480 e. The van der Waals surface area contributed by atoms with Crippen LogP contribution in [0.5, 0.6) is 0 Å². The Hall–Kier alpha value is -1.88. The molecule has 1 unspecified atom stereocenters. The van der Waals surface area contributed by atoms with Gasteiger partial charge in [0.05, 0.1) is 5.71 Å². The van der Waals surface area contributed by atoms with E-state index >= 15 is 0 Å². The molecule has 5 nitrogen and oxygen atoms in total. The predicted molar refractivity (Wildman–Crippen MR) is 74.5 cm³/mol. The highest BCUT2D eigenvalue weighted by molar-refractivity contribution is 5.98. The third-order valence-corrected chi connectivity index (χ3v) is 2.79. The van der Waals surface area contributed by atoms with Gasteiger partial charge in [0.1, 0.15) is 12.6 Å². The first-order valence-electron chi connectivity index (χ1n) is 6.24. The molecule has 0 saturated heterocycles. The molecule has 0 aromatic heterocycles. The zero-order chi connectivity index (χ0) is 14.3. The first-order chi connectivity index (χ1) is 9.08. The molecule has 1 rings (SSSR count). The second-order valence-electron chi connectivity index (χ2n) is 4.18. The van der Waals surface area contributed by atoms with Gasteiger partial charge in [-0.3, -0.25) is 4.79 Å². The maximum Gasteiger partial charge on any atom is 0.321 e. The van der Waals surface area contributed by atoms with E-state index in [1.165, 1.54) is 0 Å². The van der Waals surface area contributed by atoms with Crippen LogP contribution in [-0.2, 0) is 16.1 Å². The summed E-state index contributed by atoms with van der Waals surface area (Å²) in [7, 11) is 1.64. The Labute approximate surface area is 113 Å². The molecule has 0 aliphatic rings. The molecule has 0 aliphatic heterocycles. The summed E-state index contributed by atoms with van der Waals surface area (Å²) < 4.78 is 0. The molecule has 5 heteroatoms. The van der Waals surface area contributed by atoms with Crippen LogP contribution in [0, 0.1) is 0 Å². The molecule has 0 radical (unpaired) electrons. The zero-order valence-corrected chi connectivity index (χ0v) is 11.5. The minimum atomic E-state index is -0.847. The first kappa shape index (κ1) is 15.2. The van der Waals surface area contributed by atoms with Gasteiger partial charge in [0.15, 0.2) is 0 Å². The molecule has 0 fully saturated rings. The van der Waals surface area contributed by atoms with Crippen LogP contribution in [0.4, 0.5) is 0 Å². The minimum absolute atomic E-state index is 0.452. The molecule has 0 aliphatic carbocycles. The van der Waals surface area contributed by atoms with E-state index in [0.29, 0.717) is 13.0 Å². The van der Waals surface area contributed by atoms with Crippen LogP contribution in [-0.4, -0.2) is 36.5 Å². The van der Waals surface area contributed by atoms with E-state index in [1.54, 1.807) is 7.05 Å². The Morgan fingerprint density at radius 3 is 2.53 bits per heavy atom. The number of carboxylic acids is 1. The van der Waals surface area contributed by atoms with Crippen molar-refractivity contribution in [3.8, 4) is 0 Å². The second kappa shape index (κ2) is 7.53. The average molecular weight is 264 g/mol. The van der Waals surface area contributed by atoms with Crippen molar-refractivity contribution in [1.82, 2.24) is 5.32 Å². The summed E-state index contributed by atoms with van der Waals surface area (Å²) in [5.74, 6) is -0.847. The van der Waals surface area contributed by atoms with Gasteiger partial charge in [-0.15, -0.1) is 0 Å². The molecule has 1 atom stereocenters. The summed E-state index contributed by atoms with van der Waals surface area (Å²) in [5, 5.41) is 15.7. The van der Waals surface area contributed by atoms with E-state index in [4.69, 9.17) is 9.94 Å². The second-order valence-corrected chi connectivity index (χ2v) is 4.18. The molecule has 0 amide bonds. The fourth-order valence-corrected chi connectivity index (χ4v) is 1.64. The van der Waals surface area contributed by atoms with Crippen LogP contribution >= 0.6 is 0 Å². The lowest BCUT2D eigenvalue weighted by atomic mass is 10.0. The number of rotatable bonds is 7. The van der Waals surface area contributed by atoms with Crippen molar-refractivity contribution in [2.75, 3.05) is 13.7 Å². The number of carboxylic acid groups (broad SMARTS) is 1. The van der Waals surface area contributed by atoms with E-state index in [2.05, 4.69) is 10.5 Å². The Morgan fingerprint density at radius 1 is 1.42 bits per heavy atom. The topological polar surface area (TPSA) is 70.9 Å². The summed E-state index contributed by atoms with van der Waals surface area (Å²) >= 11 is 0. The smallest absolute Gasteiger partial charge is 0.321 e. The van der Waals surface area contributed by atoms with Crippen molar-refractivity contribution in [2.24, 2.45) is 5.16 Å². The summed E-state index contributed by atoms with van der Waals surface area (Å²) in [6.07, 6.45) is 0.452. The average Bonchev–Trinajstić information content (AvgIpc) is 2.42. The standard InChI is InChI=1S/C14H20N2O3/c1-4-19-16-10(2)12-7-5-11(6-8-12)9-13(15-3)14(17)18/h5-8,13,15H,4,9H2,1-3H3,(H,17,18)/b16-10-. The molecule has 0 saturated carbocycles. The van der Waals surface area contributed by atoms with Crippen LogP contribution in [0.1, 0.15) is 25.0 Å². The van der Waals surface area contributed by atoms with Crippen molar-refractivity contribution in [2.45, 2.75) is 26.3 Å². The van der Waals surface area contributed by atoms with Crippen molar-refractivity contribution >= 4 is 11.7 Å². The fraction of sp³-hybridized carbons (Fsp3) is 0.429. The summed E-state index contributed by atoms with van der Waals surface area (Å²) in [6.45, 7) is 4.29. The molecule has 0 heterocycles. The first-order valence-corrected chi connectivity index (χ1v) is 6.24. The SMILES string of the molecule is CCO/N=C(/C)c1ccc(CC(NC)C(=O)O)cc1. The number of hydrogen-bond donors (Lipinski definition) is 2. The van der Waals surface area contributed by atoms with Gasteiger partial charge in [-0.2, -0.15) is 0 Å². The number of oxime groups is 1. The third kappa shape index (κ3) is 4.71. The van der Waals surface area contributed by atoms with Gasteiger partial charge in [0, 0.05) is 0 Å². The number of aliphatic carboxylic acids is 1. The van der Waals surface area contributed by atoms with E-state index in [9.17, 15) is 4.79 Å². The van der Waals surface area contributed by atoms with Crippen LogP contribution in [0.2, 0.25) is 0 Å². The molecule has 1 aromatic carbocycles. The van der Waals surface area contributed by atoms with Crippen LogP contribution in [0.15, 0.2) is 29.4 Å². The van der Waals surface area contributed by atoms with Crippen molar-refractivity contribution < 1.29 is 14.7 Å². The highest BCUT2D eigenvalue weighted by Crippen LogP contribution is 2.08. The molecule has 0 bridgehead atoms. The number of carbonyl (C=O) groups is 1. The summed E-state index contributed by atoms with van der Waals surface area (Å²) in [4.78, 5) is 15.9. The number of nitrogens with one attached hydrogen (secondary N) is 1. The predicted octanol–water partition coefficient (Wildman–Crippen LogP) is 1.66. The van der Waals surface area contributed by atoms with Crippen molar-refractivity contribution in [1.29, 1.82) is 0 Å². The molecule has 0 spiro atoms. The minimum Gasteiger partial charge on any atom is -0.480 e. The molecule has 19 heavy (non-hydrogen) atoms. The highest BCUT2D eigenvalue weighted by Gasteiger charge is 2.15. The molecular weight excluding hydrogens is 244 g/mol. The van der Waals surface area contributed by atoms with Crippen LogP contribution in [0.25, 0.3) is 0 Å². The molecule has 1 aromatic rings. The number of hydrogen-bond acceptors (Lipinski definition) is 4. The van der Waals surface area contributed by atoms with Gasteiger partial charge < -0.3 is 15.3 Å². The van der Waals surface area contributed by atoms with E-state index in [0.717, 1.165) is 16.8 Å². The van der Waals surface area contributed by atoms with Gasteiger partial charge in [-0.25, -0.2) is 0 Å². The van der Waals surface area contributed by atoms with Crippen LogP contribution < -0.4 is 5.32 Å². The molecular formula is C14H20N2O3. The zero-order valence-electron chi connectivity index (χ0n) is 11.5. The Balaban J connectivity index is 2.73. The number of nitrogens with zero attached hydrogens (tertiary/aromatic N) is 1. The lowest BCUT2D eigenvalue weighted by molar-refractivity contribution is -0.139. The van der Waals surface area contributed by atoms with Gasteiger partial charge in [0.25, 0.3) is 0 Å². The molecule has 104 valence electrons. The van der Waals surface area contributed by atoms with Gasteiger partial charge in [-0.1, -0.05) is 29.4 Å². The van der Waals surface area contributed by atoms with Gasteiger partial charge >= 0.3 is 5.97 Å². The monoisotopic (exact) mass is 264 g/mol. The summed E-state index contributed by atoms with van der Waals surface area (Å²) in [5.41, 5.74) is 2.74. The Bertz CT molecular complexity index is 441. The van der Waals surface area contributed by atoms with Crippen molar-refractivity contribution in [3.63, 3.8) is 0 Å². The highest BCUT2D eigenvalue weighted by atomic mass is 16.6.